The Morgan fingerprint density at radius 1 is 0.815 bits per heavy atom. The molecule has 0 saturated carbocycles. The molecule has 1 saturated heterocycles. The highest BCUT2D eigenvalue weighted by Crippen LogP contribution is 2.41. The fraction of sp³-hybridized carbons (Fsp3) is 0.130. The van der Waals surface area contributed by atoms with Crippen molar-refractivity contribution in [1.29, 1.82) is 0 Å². The predicted octanol–water partition coefficient (Wildman–Crippen LogP) is 4.42. The number of rotatable bonds is 4. The lowest BCUT2D eigenvalue weighted by atomic mass is 9.92. The van der Waals surface area contributed by atoms with Gasteiger partial charge in [0.15, 0.2) is 0 Å². The molecule has 1 fully saturated rings. The molecule has 1 aliphatic rings. The van der Waals surface area contributed by atoms with Gasteiger partial charge >= 0.3 is 0 Å². The molecule has 2 atom stereocenters. The van der Waals surface area contributed by atoms with Crippen LogP contribution in [0.25, 0.3) is 0 Å². The van der Waals surface area contributed by atoms with Crippen LogP contribution in [0.4, 0.5) is 11.4 Å². The van der Waals surface area contributed by atoms with Gasteiger partial charge in [0.05, 0.1) is 12.0 Å². The van der Waals surface area contributed by atoms with Gasteiger partial charge in [-0.15, -0.1) is 0 Å². The van der Waals surface area contributed by atoms with Gasteiger partial charge in [0.2, 0.25) is 11.8 Å². The van der Waals surface area contributed by atoms with Crippen molar-refractivity contribution >= 4 is 23.2 Å². The lowest BCUT2D eigenvalue weighted by molar-refractivity contribution is -0.122. The third-order valence-corrected chi connectivity index (χ3v) is 4.88. The van der Waals surface area contributed by atoms with Gasteiger partial charge in [0.1, 0.15) is 0 Å². The van der Waals surface area contributed by atoms with E-state index in [1.807, 2.05) is 91.0 Å². The topological polar surface area (TPSA) is 49.4 Å². The van der Waals surface area contributed by atoms with Crippen molar-refractivity contribution in [3.63, 3.8) is 0 Å². The zero-order valence-corrected chi connectivity index (χ0v) is 14.8. The number of hydrogen-bond donors (Lipinski definition) is 1. The van der Waals surface area contributed by atoms with Crippen LogP contribution in [0.3, 0.4) is 0 Å². The third-order valence-electron chi connectivity index (χ3n) is 4.88. The molecule has 0 aromatic heterocycles. The van der Waals surface area contributed by atoms with Crippen LogP contribution in [0.15, 0.2) is 91.0 Å². The van der Waals surface area contributed by atoms with E-state index in [-0.39, 0.29) is 24.3 Å². The van der Waals surface area contributed by atoms with Crippen molar-refractivity contribution in [2.75, 3.05) is 10.2 Å². The number of hydrogen-bond acceptors (Lipinski definition) is 2. The molecule has 1 N–H and O–H groups in total. The highest BCUT2D eigenvalue weighted by molar-refractivity contribution is 6.04. The van der Waals surface area contributed by atoms with Crippen LogP contribution in [0.1, 0.15) is 18.0 Å². The fourth-order valence-corrected chi connectivity index (χ4v) is 3.65. The van der Waals surface area contributed by atoms with E-state index in [0.717, 1.165) is 16.9 Å². The zero-order chi connectivity index (χ0) is 18.6. The van der Waals surface area contributed by atoms with E-state index < -0.39 is 5.92 Å². The summed E-state index contributed by atoms with van der Waals surface area (Å²) in [5.74, 6) is -0.634. The maximum atomic E-state index is 13.0. The molecular weight excluding hydrogens is 336 g/mol. The van der Waals surface area contributed by atoms with Crippen molar-refractivity contribution < 1.29 is 9.59 Å². The van der Waals surface area contributed by atoms with Gasteiger partial charge in [-0.05, 0) is 29.8 Å². The Labute approximate surface area is 158 Å². The molecule has 2 amide bonds. The maximum Gasteiger partial charge on any atom is 0.230 e. The van der Waals surface area contributed by atoms with Crippen LogP contribution in [-0.2, 0) is 9.59 Å². The molecule has 4 heteroatoms. The Bertz CT molecular complexity index is 926. The average Bonchev–Trinajstić information content (AvgIpc) is 3.07. The van der Waals surface area contributed by atoms with Gasteiger partial charge in [0, 0.05) is 17.8 Å². The van der Waals surface area contributed by atoms with Gasteiger partial charge < -0.3 is 10.2 Å². The highest BCUT2D eigenvalue weighted by Gasteiger charge is 2.45. The number of benzene rings is 3. The zero-order valence-electron chi connectivity index (χ0n) is 14.8. The summed E-state index contributed by atoms with van der Waals surface area (Å²) in [5, 5.41) is 2.96. The smallest absolute Gasteiger partial charge is 0.230 e. The van der Waals surface area contributed by atoms with Crippen molar-refractivity contribution in [3.05, 3.63) is 96.6 Å². The quantitative estimate of drug-likeness (QED) is 0.752. The summed E-state index contributed by atoms with van der Waals surface area (Å²) in [6.45, 7) is 0. The van der Waals surface area contributed by atoms with Crippen molar-refractivity contribution in [2.45, 2.75) is 12.5 Å². The maximum absolute atomic E-state index is 13.0. The summed E-state index contributed by atoms with van der Waals surface area (Å²) in [5.41, 5.74) is 2.51. The Kier molecular flexibility index (Phi) is 4.71. The second-order valence-electron chi connectivity index (χ2n) is 6.62. The first-order valence-corrected chi connectivity index (χ1v) is 9.02. The summed E-state index contributed by atoms with van der Waals surface area (Å²) >= 11 is 0. The summed E-state index contributed by atoms with van der Waals surface area (Å²) in [6.07, 6.45) is 0.188. The van der Waals surface area contributed by atoms with E-state index in [4.69, 9.17) is 0 Å². The molecule has 1 aliphatic heterocycles. The third kappa shape index (κ3) is 3.47. The summed E-state index contributed by atoms with van der Waals surface area (Å²) < 4.78 is 0. The normalized spacial score (nSPS) is 19.1. The van der Waals surface area contributed by atoms with Gasteiger partial charge in [-0.2, -0.15) is 0 Å². The first-order chi connectivity index (χ1) is 13.2. The molecule has 27 heavy (non-hydrogen) atoms. The minimum Gasteiger partial charge on any atom is -0.326 e. The minimum atomic E-state index is -0.458. The SMILES string of the molecule is O=C(Nc1ccccc1)C1CC(=O)N(c2ccccc2)C1c1ccccc1. The fourth-order valence-electron chi connectivity index (χ4n) is 3.65. The number of amides is 2. The van der Waals surface area contributed by atoms with Gasteiger partial charge in [-0.3, -0.25) is 9.59 Å². The molecule has 0 radical (unpaired) electrons. The van der Waals surface area contributed by atoms with Crippen molar-refractivity contribution in [1.82, 2.24) is 0 Å². The lowest BCUT2D eigenvalue weighted by Crippen LogP contribution is -2.32. The van der Waals surface area contributed by atoms with Crippen LogP contribution in [-0.4, -0.2) is 11.8 Å². The summed E-state index contributed by atoms with van der Waals surface area (Å²) in [4.78, 5) is 27.7. The second kappa shape index (κ2) is 7.46. The standard InChI is InChI=1S/C23H20N2O2/c26-21-16-20(23(27)24-18-12-6-2-7-13-18)22(17-10-4-1-5-11-17)25(21)19-14-8-3-9-15-19/h1-15,20,22H,16H2,(H,24,27). The Hall–Kier alpha value is -3.40. The predicted molar refractivity (Wildman–Crippen MR) is 106 cm³/mol. The second-order valence-corrected chi connectivity index (χ2v) is 6.62. The molecular formula is C23H20N2O2. The first kappa shape index (κ1) is 17.0. The summed E-state index contributed by atoms with van der Waals surface area (Å²) in [6, 6.07) is 28.3. The molecule has 2 unspecified atom stereocenters. The monoisotopic (exact) mass is 356 g/mol. The van der Waals surface area contributed by atoms with E-state index in [2.05, 4.69) is 5.32 Å². The highest BCUT2D eigenvalue weighted by atomic mass is 16.2. The van der Waals surface area contributed by atoms with Crippen LogP contribution < -0.4 is 10.2 Å². The molecule has 1 heterocycles. The molecule has 4 nitrogen and oxygen atoms in total. The molecule has 3 aromatic rings. The van der Waals surface area contributed by atoms with Gasteiger partial charge in [-0.1, -0.05) is 66.7 Å². The van der Waals surface area contributed by atoms with Crippen LogP contribution in [0, 0.1) is 5.92 Å². The molecule has 4 rings (SSSR count). The van der Waals surface area contributed by atoms with Crippen LogP contribution in [0.2, 0.25) is 0 Å². The lowest BCUT2D eigenvalue weighted by Gasteiger charge is -2.28. The number of nitrogens with one attached hydrogen (secondary N) is 1. The largest absolute Gasteiger partial charge is 0.326 e. The van der Waals surface area contributed by atoms with E-state index >= 15 is 0 Å². The van der Waals surface area contributed by atoms with Gasteiger partial charge in [-0.25, -0.2) is 0 Å². The molecule has 0 aliphatic carbocycles. The van der Waals surface area contributed by atoms with Crippen molar-refractivity contribution in [3.8, 4) is 0 Å². The van der Waals surface area contributed by atoms with Crippen LogP contribution in [0.5, 0.6) is 0 Å². The number of para-hydroxylation sites is 2. The molecule has 134 valence electrons. The Balaban J connectivity index is 1.70. The average molecular weight is 356 g/mol. The molecule has 0 spiro atoms. The molecule has 3 aromatic carbocycles. The Morgan fingerprint density at radius 2 is 1.37 bits per heavy atom. The number of carbonyl (C=O) groups excluding carboxylic acids is 2. The van der Waals surface area contributed by atoms with E-state index in [0.29, 0.717) is 0 Å². The van der Waals surface area contributed by atoms with Crippen LogP contribution >= 0.6 is 0 Å². The van der Waals surface area contributed by atoms with E-state index in [1.165, 1.54) is 0 Å². The van der Waals surface area contributed by atoms with Gasteiger partial charge in [0.25, 0.3) is 0 Å². The van der Waals surface area contributed by atoms with Crippen molar-refractivity contribution in [2.24, 2.45) is 5.92 Å². The van der Waals surface area contributed by atoms with E-state index in [9.17, 15) is 9.59 Å². The minimum absolute atomic E-state index is 0.0386. The summed E-state index contributed by atoms with van der Waals surface area (Å²) in [7, 11) is 0. The Morgan fingerprint density at radius 3 is 2.00 bits per heavy atom. The molecule has 0 bridgehead atoms. The number of nitrogens with zero attached hydrogens (tertiary/aromatic N) is 1. The number of anilines is 2. The first-order valence-electron chi connectivity index (χ1n) is 9.02. The number of carbonyl (C=O) groups is 2. The van der Waals surface area contributed by atoms with E-state index in [1.54, 1.807) is 4.90 Å².